The van der Waals surface area contributed by atoms with Crippen molar-refractivity contribution in [3.63, 3.8) is 0 Å². The minimum Gasteiger partial charge on any atom is -0.383 e. The molecule has 7 nitrogen and oxygen atoms in total. The Labute approximate surface area is 125 Å². The predicted molar refractivity (Wildman–Crippen MR) is 79.9 cm³/mol. The zero-order valence-corrected chi connectivity index (χ0v) is 12.8. The summed E-state index contributed by atoms with van der Waals surface area (Å²) in [5.41, 5.74) is 7.07. The van der Waals surface area contributed by atoms with Crippen LogP contribution < -0.4 is 5.73 Å². The molecular formula is C13H15N5O2S. The van der Waals surface area contributed by atoms with Crippen LogP contribution in [0.15, 0.2) is 0 Å². The number of anilines is 1. The molecule has 21 heavy (non-hydrogen) atoms. The Kier molecular flexibility index (Phi) is 3.05. The Hall–Kier alpha value is -2.22. The average Bonchev–Trinajstić information content (AvgIpc) is 2.82. The van der Waals surface area contributed by atoms with Gasteiger partial charge < -0.3 is 10.6 Å². The Balaban J connectivity index is 1.99. The van der Waals surface area contributed by atoms with E-state index in [2.05, 4.69) is 9.97 Å². The molecule has 1 aliphatic heterocycles. The lowest BCUT2D eigenvalue weighted by molar-refractivity contribution is -0.125. The first kappa shape index (κ1) is 13.7. The van der Waals surface area contributed by atoms with E-state index in [1.54, 1.807) is 7.05 Å². The molecule has 0 atom stereocenters. The molecule has 0 unspecified atom stereocenters. The van der Waals surface area contributed by atoms with Crippen LogP contribution >= 0.6 is 11.3 Å². The van der Waals surface area contributed by atoms with Gasteiger partial charge in [-0.15, -0.1) is 11.3 Å². The maximum Gasteiger partial charge on any atom is 0.327 e. The summed E-state index contributed by atoms with van der Waals surface area (Å²) in [6, 6.07) is -0.333. The van der Waals surface area contributed by atoms with Crippen molar-refractivity contribution in [3.8, 4) is 0 Å². The maximum atomic E-state index is 11.9. The van der Waals surface area contributed by atoms with Gasteiger partial charge in [0.15, 0.2) is 5.82 Å². The van der Waals surface area contributed by atoms with Crippen LogP contribution in [0.2, 0.25) is 0 Å². The van der Waals surface area contributed by atoms with Crippen LogP contribution in [-0.2, 0) is 11.3 Å². The van der Waals surface area contributed by atoms with Gasteiger partial charge in [-0.1, -0.05) is 0 Å². The van der Waals surface area contributed by atoms with E-state index in [0.717, 1.165) is 25.6 Å². The van der Waals surface area contributed by atoms with Crippen LogP contribution in [0.25, 0.3) is 10.2 Å². The number of nitrogens with two attached hydrogens (primary N) is 1. The van der Waals surface area contributed by atoms with Gasteiger partial charge in [0, 0.05) is 11.9 Å². The van der Waals surface area contributed by atoms with Gasteiger partial charge in [-0.3, -0.25) is 9.69 Å². The summed E-state index contributed by atoms with van der Waals surface area (Å²) in [7, 11) is 1.59. The molecule has 0 spiro atoms. The Morgan fingerprint density at radius 1 is 1.29 bits per heavy atom. The van der Waals surface area contributed by atoms with Gasteiger partial charge in [0.1, 0.15) is 17.2 Å². The topological polar surface area (TPSA) is 92.4 Å². The molecule has 1 fully saturated rings. The van der Waals surface area contributed by atoms with Crippen molar-refractivity contribution in [2.45, 2.75) is 20.4 Å². The van der Waals surface area contributed by atoms with Crippen molar-refractivity contribution in [3.05, 3.63) is 16.3 Å². The number of hydrogen-bond donors (Lipinski definition) is 1. The second kappa shape index (κ2) is 4.66. The van der Waals surface area contributed by atoms with Crippen LogP contribution in [-0.4, -0.2) is 45.3 Å². The summed E-state index contributed by atoms with van der Waals surface area (Å²) in [5.74, 6) is 0.533. The van der Waals surface area contributed by atoms with E-state index >= 15 is 0 Å². The molecule has 0 saturated carbocycles. The molecule has 0 aliphatic carbocycles. The number of carbonyl (C=O) groups excluding carboxylic acids is 2. The molecule has 2 aromatic rings. The number of amides is 3. The smallest absolute Gasteiger partial charge is 0.327 e. The number of fused-ring (bicyclic) bond motifs is 1. The van der Waals surface area contributed by atoms with Gasteiger partial charge in [0.05, 0.1) is 11.9 Å². The number of nitrogen functional groups attached to an aromatic ring is 1. The van der Waals surface area contributed by atoms with Crippen LogP contribution in [0.3, 0.4) is 0 Å². The van der Waals surface area contributed by atoms with Crippen LogP contribution in [0.1, 0.15) is 16.3 Å². The van der Waals surface area contributed by atoms with Crippen molar-refractivity contribution < 1.29 is 9.59 Å². The standard InChI is InChI=1S/C13H15N5O2S/c1-6-7(2)21-12-10(6)11(14)15-8(16-12)4-18-9(19)5-17(3)13(18)20/h4-5H2,1-3H3,(H2,14,15,16). The summed E-state index contributed by atoms with van der Waals surface area (Å²) >= 11 is 1.54. The summed E-state index contributed by atoms with van der Waals surface area (Å²) in [4.78, 5) is 36.8. The molecule has 8 heteroatoms. The molecule has 1 saturated heterocycles. The third kappa shape index (κ3) is 2.11. The highest BCUT2D eigenvalue weighted by atomic mass is 32.1. The fourth-order valence-corrected chi connectivity index (χ4v) is 3.42. The summed E-state index contributed by atoms with van der Waals surface area (Å²) in [6.07, 6.45) is 0. The zero-order valence-electron chi connectivity index (χ0n) is 12.0. The lowest BCUT2D eigenvalue weighted by atomic mass is 10.2. The molecule has 0 bridgehead atoms. The van der Waals surface area contributed by atoms with Crippen LogP contribution in [0.5, 0.6) is 0 Å². The minimum absolute atomic E-state index is 0.0537. The van der Waals surface area contributed by atoms with Gasteiger partial charge in [-0.25, -0.2) is 14.8 Å². The largest absolute Gasteiger partial charge is 0.383 e. The van der Waals surface area contributed by atoms with E-state index in [-0.39, 0.29) is 25.0 Å². The van der Waals surface area contributed by atoms with E-state index < -0.39 is 0 Å². The number of rotatable bonds is 2. The maximum absolute atomic E-state index is 11.9. The van der Waals surface area contributed by atoms with E-state index in [9.17, 15) is 9.59 Å². The number of nitrogens with zero attached hydrogens (tertiary/aromatic N) is 4. The summed E-state index contributed by atoms with van der Waals surface area (Å²) < 4.78 is 0. The highest BCUT2D eigenvalue weighted by molar-refractivity contribution is 7.18. The number of imide groups is 1. The van der Waals surface area contributed by atoms with E-state index in [4.69, 9.17) is 5.73 Å². The van der Waals surface area contributed by atoms with E-state index in [0.29, 0.717) is 11.6 Å². The van der Waals surface area contributed by atoms with Crippen molar-refractivity contribution in [1.29, 1.82) is 0 Å². The zero-order chi connectivity index (χ0) is 15.3. The fourth-order valence-electron chi connectivity index (χ4n) is 2.36. The number of thiophene rings is 1. The number of aryl methyl sites for hydroxylation is 2. The van der Waals surface area contributed by atoms with E-state index in [1.165, 1.54) is 16.2 Å². The number of hydrogen-bond acceptors (Lipinski definition) is 6. The Morgan fingerprint density at radius 2 is 2.00 bits per heavy atom. The lowest BCUT2D eigenvalue weighted by Gasteiger charge is -2.13. The lowest BCUT2D eigenvalue weighted by Crippen LogP contribution is -2.31. The SMILES string of the molecule is Cc1sc2nc(CN3C(=O)CN(C)C3=O)nc(N)c2c1C. The van der Waals surface area contributed by atoms with Gasteiger partial charge in [0.25, 0.3) is 5.91 Å². The molecular weight excluding hydrogens is 290 g/mol. The van der Waals surface area contributed by atoms with Crippen molar-refractivity contribution in [2.24, 2.45) is 0 Å². The highest BCUT2D eigenvalue weighted by Gasteiger charge is 2.34. The van der Waals surface area contributed by atoms with Gasteiger partial charge >= 0.3 is 6.03 Å². The molecule has 3 amide bonds. The molecule has 0 radical (unpaired) electrons. The van der Waals surface area contributed by atoms with Crippen molar-refractivity contribution >= 4 is 39.3 Å². The number of urea groups is 1. The number of aromatic nitrogens is 2. The molecule has 3 heterocycles. The monoisotopic (exact) mass is 305 g/mol. The first-order valence-corrected chi connectivity index (χ1v) is 7.27. The van der Waals surface area contributed by atoms with Crippen molar-refractivity contribution in [1.82, 2.24) is 19.8 Å². The average molecular weight is 305 g/mol. The molecule has 2 N–H and O–H groups in total. The molecule has 0 aromatic carbocycles. The fraction of sp³-hybridized carbons (Fsp3) is 0.385. The summed E-state index contributed by atoms with van der Waals surface area (Å²) in [6.45, 7) is 4.13. The molecule has 1 aliphatic rings. The quantitative estimate of drug-likeness (QED) is 0.844. The van der Waals surface area contributed by atoms with Crippen LogP contribution in [0.4, 0.5) is 10.6 Å². The molecule has 110 valence electrons. The predicted octanol–water partition coefficient (Wildman–Crippen LogP) is 1.28. The highest BCUT2D eigenvalue weighted by Crippen LogP contribution is 2.32. The third-order valence-electron chi connectivity index (χ3n) is 3.63. The second-order valence-corrected chi connectivity index (χ2v) is 6.31. The number of likely N-dealkylation sites (N-methyl/N-ethyl adjacent to an activating group) is 1. The van der Waals surface area contributed by atoms with Gasteiger partial charge in [0.2, 0.25) is 0 Å². The first-order chi connectivity index (χ1) is 9.88. The normalized spacial score (nSPS) is 15.6. The summed E-state index contributed by atoms with van der Waals surface area (Å²) in [5, 5.41) is 0.859. The van der Waals surface area contributed by atoms with E-state index in [1.807, 2.05) is 13.8 Å². The van der Waals surface area contributed by atoms with Crippen molar-refractivity contribution in [2.75, 3.05) is 19.3 Å². The third-order valence-corrected chi connectivity index (χ3v) is 4.73. The molecule has 2 aromatic heterocycles. The van der Waals surface area contributed by atoms with Gasteiger partial charge in [-0.05, 0) is 19.4 Å². The minimum atomic E-state index is -0.333. The van der Waals surface area contributed by atoms with Gasteiger partial charge in [-0.2, -0.15) is 0 Å². The Morgan fingerprint density at radius 3 is 2.62 bits per heavy atom. The Bertz CT molecular complexity index is 769. The first-order valence-electron chi connectivity index (χ1n) is 6.46. The second-order valence-electron chi connectivity index (χ2n) is 5.11. The van der Waals surface area contributed by atoms with Crippen LogP contribution in [0, 0.1) is 13.8 Å². The number of carbonyl (C=O) groups is 2. The molecule has 3 rings (SSSR count).